The predicted molar refractivity (Wildman–Crippen MR) is 106 cm³/mol. The number of fused-ring (bicyclic) bond motifs is 1. The minimum atomic E-state index is -2.96. The highest BCUT2D eigenvalue weighted by atomic mass is 19.3. The topological polar surface area (TPSA) is 95.3 Å². The molecule has 2 heterocycles. The van der Waals surface area contributed by atoms with Gasteiger partial charge in [-0.3, -0.25) is 4.79 Å². The molecular formula is C20H19F3N4O4. The standard InChI is InChI=1S/C20H19F3N4O4/c1-4-31-20(29)14-8-13-17(24-9-25-18(13)27(30-3)19(14)28)26-10(2)11-6-5-7-12(15(11)21)16(22)23/h5-10,16H,4H2,1-3H3,(H,24,25,26)/t10-/m1/s1. The van der Waals surface area contributed by atoms with Gasteiger partial charge in [0, 0.05) is 5.56 Å². The maximum absolute atomic E-state index is 14.5. The molecule has 0 saturated heterocycles. The zero-order chi connectivity index (χ0) is 22.7. The van der Waals surface area contributed by atoms with Crippen molar-refractivity contribution in [3.05, 3.63) is 63.5 Å². The highest BCUT2D eigenvalue weighted by Gasteiger charge is 2.23. The van der Waals surface area contributed by atoms with E-state index in [2.05, 4.69) is 15.3 Å². The van der Waals surface area contributed by atoms with E-state index < -0.39 is 35.4 Å². The Bertz CT molecular complexity index is 1180. The van der Waals surface area contributed by atoms with E-state index in [1.54, 1.807) is 13.8 Å². The van der Waals surface area contributed by atoms with Crippen LogP contribution in [0.25, 0.3) is 11.0 Å². The zero-order valence-electron chi connectivity index (χ0n) is 16.9. The van der Waals surface area contributed by atoms with Crippen molar-refractivity contribution < 1.29 is 27.5 Å². The minimum absolute atomic E-state index is 0.00441. The summed E-state index contributed by atoms with van der Waals surface area (Å²) in [5.74, 6) is -1.76. The number of hydrogen-bond acceptors (Lipinski definition) is 7. The van der Waals surface area contributed by atoms with Crippen LogP contribution in [0.3, 0.4) is 0 Å². The molecule has 0 radical (unpaired) electrons. The summed E-state index contributed by atoms with van der Waals surface area (Å²) >= 11 is 0. The molecule has 3 rings (SSSR count). The van der Waals surface area contributed by atoms with Crippen molar-refractivity contribution >= 4 is 22.8 Å². The third kappa shape index (κ3) is 4.16. The average molecular weight is 436 g/mol. The van der Waals surface area contributed by atoms with E-state index in [4.69, 9.17) is 9.57 Å². The molecular weight excluding hydrogens is 417 g/mol. The van der Waals surface area contributed by atoms with Gasteiger partial charge in [0.05, 0.1) is 23.6 Å². The second-order valence-electron chi connectivity index (χ2n) is 6.44. The second-order valence-corrected chi connectivity index (χ2v) is 6.44. The van der Waals surface area contributed by atoms with E-state index in [1.165, 1.54) is 25.3 Å². The van der Waals surface area contributed by atoms with Gasteiger partial charge in [0.15, 0.2) is 5.65 Å². The van der Waals surface area contributed by atoms with Crippen molar-refractivity contribution in [3.63, 3.8) is 0 Å². The number of benzene rings is 1. The van der Waals surface area contributed by atoms with Gasteiger partial charge < -0.3 is 14.9 Å². The fraction of sp³-hybridized carbons (Fsp3) is 0.300. The Kier molecular flexibility index (Phi) is 6.42. The molecule has 1 atom stereocenters. The molecule has 0 spiro atoms. The monoisotopic (exact) mass is 436 g/mol. The number of rotatable bonds is 7. The Hall–Kier alpha value is -3.63. The highest BCUT2D eigenvalue weighted by molar-refractivity contribution is 5.96. The number of nitrogens with one attached hydrogen (secondary N) is 1. The molecule has 0 aliphatic heterocycles. The molecule has 0 bridgehead atoms. The molecule has 1 N–H and O–H groups in total. The van der Waals surface area contributed by atoms with Gasteiger partial charge in [-0.1, -0.05) is 18.2 Å². The molecule has 0 saturated carbocycles. The van der Waals surface area contributed by atoms with Crippen LogP contribution in [0.15, 0.2) is 35.4 Å². The number of nitrogens with zero attached hydrogens (tertiary/aromatic N) is 3. The maximum Gasteiger partial charge on any atom is 0.343 e. The Morgan fingerprint density at radius 2 is 1.97 bits per heavy atom. The summed E-state index contributed by atoms with van der Waals surface area (Å²) in [7, 11) is 1.22. The Balaban J connectivity index is 2.11. The van der Waals surface area contributed by atoms with Crippen LogP contribution in [-0.2, 0) is 4.74 Å². The second kappa shape index (κ2) is 9.02. The molecule has 1 aromatic carbocycles. The summed E-state index contributed by atoms with van der Waals surface area (Å²) < 4.78 is 46.3. The zero-order valence-corrected chi connectivity index (χ0v) is 16.9. The largest absolute Gasteiger partial charge is 0.462 e. The van der Waals surface area contributed by atoms with Gasteiger partial charge in [0.2, 0.25) is 0 Å². The Labute approximate surface area is 174 Å². The average Bonchev–Trinajstić information content (AvgIpc) is 2.73. The van der Waals surface area contributed by atoms with Crippen molar-refractivity contribution in [3.8, 4) is 0 Å². The summed E-state index contributed by atoms with van der Waals surface area (Å²) in [5.41, 5.74) is -1.76. The summed E-state index contributed by atoms with van der Waals surface area (Å²) in [6.07, 6.45) is -1.82. The summed E-state index contributed by atoms with van der Waals surface area (Å²) in [6, 6.07) is 4.17. The van der Waals surface area contributed by atoms with Crippen molar-refractivity contribution in [2.75, 3.05) is 19.0 Å². The molecule has 8 nitrogen and oxygen atoms in total. The quantitative estimate of drug-likeness (QED) is 0.568. The van der Waals surface area contributed by atoms with Gasteiger partial charge in [-0.25, -0.2) is 27.9 Å². The molecule has 31 heavy (non-hydrogen) atoms. The first-order valence-electron chi connectivity index (χ1n) is 9.25. The minimum Gasteiger partial charge on any atom is -0.462 e. The number of alkyl halides is 2. The van der Waals surface area contributed by atoms with Crippen LogP contribution in [0.5, 0.6) is 0 Å². The molecule has 0 unspecified atom stereocenters. The van der Waals surface area contributed by atoms with E-state index >= 15 is 0 Å². The smallest absolute Gasteiger partial charge is 0.343 e. The first kappa shape index (κ1) is 22.1. The normalized spacial score (nSPS) is 12.1. The maximum atomic E-state index is 14.5. The lowest BCUT2D eigenvalue weighted by Gasteiger charge is -2.19. The van der Waals surface area contributed by atoms with Crippen molar-refractivity contribution in [2.45, 2.75) is 26.3 Å². The van der Waals surface area contributed by atoms with Crippen LogP contribution in [0.1, 0.15) is 47.8 Å². The van der Waals surface area contributed by atoms with E-state index in [9.17, 15) is 22.8 Å². The lowest BCUT2D eigenvalue weighted by atomic mass is 10.0. The summed E-state index contributed by atoms with van der Waals surface area (Å²) in [4.78, 5) is 38.0. The molecule has 2 aromatic heterocycles. The van der Waals surface area contributed by atoms with Crippen LogP contribution in [0.4, 0.5) is 19.0 Å². The molecule has 0 aliphatic rings. The molecule has 0 amide bonds. The summed E-state index contributed by atoms with van der Waals surface area (Å²) in [6.45, 7) is 3.20. The number of halogens is 3. The number of carbonyl (C=O) groups is 1. The van der Waals surface area contributed by atoms with E-state index in [0.717, 1.165) is 17.1 Å². The number of esters is 1. The number of pyridine rings is 1. The molecule has 0 fully saturated rings. The van der Waals surface area contributed by atoms with Gasteiger partial charge in [-0.2, -0.15) is 0 Å². The number of carbonyl (C=O) groups excluding carboxylic acids is 1. The number of aromatic nitrogens is 3. The predicted octanol–water partition coefficient (Wildman–Crippen LogP) is 3.28. The highest BCUT2D eigenvalue weighted by Crippen LogP contribution is 2.30. The van der Waals surface area contributed by atoms with Crippen LogP contribution < -0.4 is 15.7 Å². The van der Waals surface area contributed by atoms with Gasteiger partial charge in [-0.05, 0) is 19.9 Å². The Morgan fingerprint density at radius 3 is 2.61 bits per heavy atom. The van der Waals surface area contributed by atoms with Gasteiger partial charge >= 0.3 is 5.97 Å². The van der Waals surface area contributed by atoms with Crippen LogP contribution >= 0.6 is 0 Å². The molecule has 11 heteroatoms. The van der Waals surface area contributed by atoms with E-state index in [0.29, 0.717) is 0 Å². The SMILES string of the molecule is CCOC(=O)c1cc2c(N[C@H](C)c3cccc(C(F)F)c3F)ncnc2n(OC)c1=O. The first-order valence-corrected chi connectivity index (χ1v) is 9.25. The van der Waals surface area contributed by atoms with Gasteiger partial charge in [-0.15, -0.1) is 4.73 Å². The number of hydrogen-bond donors (Lipinski definition) is 1. The number of anilines is 1. The van der Waals surface area contributed by atoms with Crippen molar-refractivity contribution in [2.24, 2.45) is 0 Å². The van der Waals surface area contributed by atoms with E-state index in [1.807, 2.05) is 0 Å². The fourth-order valence-corrected chi connectivity index (χ4v) is 3.09. The number of ether oxygens (including phenoxy) is 1. The fourth-order valence-electron chi connectivity index (χ4n) is 3.09. The molecule has 3 aromatic rings. The van der Waals surface area contributed by atoms with Gasteiger partial charge in [0.25, 0.3) is 12.0 Å². The lowest BCUT2D eigenvalue weighted by molar-refractivity contribution is 0.0519. The third-order valence-electron chi connectivity index (χ3n) is 4.55. The van der Waals surface area contributed by atoms with Gasteiger partial charge in [0.1, 0.15) is 30.6 Å². The van der Waals surface area contributed by atoms with E-state index in [-0.39, 0.29) is 34.6 Å². The van der Waals surface area contributed by atoms with Crippen LogP contribution in [0, 0.1) is 5.82 Å². The first-order chi connectivity index (χ1) is 14.8. The Morgan fingerprint density at radius 1 is 1.26 bits per heavy atom. The molecule has 164 valence electrons. The third-order valence-corrected chi connectivity index (χ3v) is 4.55. The van der Waals surface area contributed by atoms with Crippen molar-refractivity contribution in [1.82, 2.24) is 14.7 Å². The summed E-state index contributed by atoms with van der Waals surface area (Å²) in [5, 5.41) is 3.13. The van der Waals surface area contributed by atoms with Crippen LogP contribution in [0.2, 0.25) is 0 Å². The van der Waals surface area contributed by atoms with Crippen LogP contribution in [-0.4, -0.2) is 34.4 Å². The van der Waals surface area contributed by atoms with Crippen molar-refractivity contribution in [1.29, 1.82) is 0 Å². The molecule has 0 aliphatic carbocycles. The lowest BCUT2D eigenvalue weighted by Crippen LogP contribution is -2.31.